The van der Waals surface area contributed by atoms with E-state index in [1.54, 1.807) is 20.8 Å². The van der Waals surface area contributed by atoms with Crippen molar-refractivity contribution >= 4 is 12.1 Å². The van der Waals surface area contributed by atoms with Gasteiger partial charge in [0, 0.05) is 19.5 Å². The molecule has 0 saturated heterocycles. The van der Waals surface area contributed by atoms with Crippen LogP contribution < -0.4 is 10.6 Å². The van der Waals surface area contributed by atoms with Gasteiger partial charge in [0.2, 0.25) is 0 Å². The number of unbranched alkanes of at least 4 members (excludes halogenated alkanes) is 1. The van der Waals surface area contributed by atoms with E-state index in [4.69, 9.17) is 4.74 Å². The average Bonchev–Trinajstić information content (AvgIpc) is 3.12. The molecule has 0 bridgehead atoms. The number of carboxylic acid groups (broad SMARTS) is 1. The third-order valence-electron chi connectivity index (χ3n) is 3.32. The summed E-state index contributed by atoms with van der Waals surface area (Å²) in [5.74, 6) is -0.861. The standard InChI is InChI=1S/C15H28N4O4/c1-14(2,3)23-13(22)17-9-6-5-7-11(12(20)21)16-10-8-15(4)18-19-15/h11,16H,5-10H2,1-4H3,(H,17,22)(H,20,21). The molecule has 0 aliphatic carbocycles. The van der Waals surface area contributed by atoms with Crippen LogP contribution in [-0.2, 0) is 9.53 Å². The van der Waals surface area contributed by atoms with Gasteiger partial charge >= 0.3 is 12.1 Å². The maximum atomic E-state index is 11.4. The van der Waals surface area contributed by atoms with Gasteiger partial charge in [0.1, 0.15) is 11.6 Å². The molecule has 8 nitrogen and oxygen atoms in total. The molecule has 0 aromatic heterocycles. The van der Waals surface area contributed by atoms with Crippen molar-refractivity contribution in [2.24, 2.45) is 10.2 Å². The minimum atomic E-state index is -0.861. The lowest BCUT2D eigenvalue weighted by molar-refractivity contribution is -0.139. The van der Waals surface area contributed by atoms with E-state index in [0.29, 0.717) is 38.8 Å². The molecule has 1 amide bonds. The lowest BCUT2D eigenvalue weighted by atomic mass is 10.1. The molecule has 0 fully saturated rings. The van der Waals surface area contributed by atoms with Gasteiger partial charge in [-0.2, -0.15) is 10.2 Å². The lowest BCUT2D eigenvalue weighted by Gasteiger charge is -2.19. The molecule has 0 aromatic rings. The number of carbonyl (C=O) groups is 2. The number of alkyl carbamates (subject to hydrolysis) is 1. The van der Waals surface area contributed by atoms with Gasteiger partial charge in [0.15, 0.2) is 5.66 Å². The molecule has 1 rings (SSSR count). The summed E-state index contributed by atoms with van der Waals surface area (Å²) < 4.78 is 5.12. The van der Waals surface area contributed by atoms with E-state index < -0.39 is 23.7 Å². The molecule has 0 spiro atoms. The Bertz CT molecular complexity index is 439. The molecule has 0 aromatic carbocycles. The van der Waals surface area contributed by atoms with Crippen LogP contribution in [0.4, 0.5) is 4.79 Å². The zero-order valence-corrected chi connectivity index (χ0v) is 14.4. The Balaban J connectivity index is 2.10. The van der Waals surface area contributed by atoms with Crippen molar-refractivity contribution in [1.82, 2.24) is 10.6 Å². The Kier molecular flexibility index (Phi) is 6.93. The molecule has 8 heteroatoms. The number of nitrogens with zero attached hydrogens (tertiary/aromatic N) is 2. The fraction of sp³-hybridized carbons (Fsp3) is 0.867. The van der Waals surface area contributed by atoms with Crippen molar-refractivity contribution in [3.05, 3.63) is 0 Å². The normalized spacial score (nSPS) is 16.7. The van der Waals surface area contributed by atoms with E-state index in [2.05, 4.69) is 20.9 Å². The van der Waals surface area contributed by atoms with Crippen LogP contribution in [0.5, 0.6) is 0 Å². The third-order valence-corrected chi connectivity index (χ3v) is 3.32. The van der Waals surface area contributed by atoms with Gasteiger partial charge in [-0.05, 0) is 47.0 Å². The topological polar surface area (TPSA) is 112 Å². The molecule has 132 valence electrons. The smallest absolute Gasteiger partial charge is 0.407 e. The summed E-state index contributed by atoms with van der Waals surface area (Å²) in [6, 6.07) is -0.584. The Morgan fingerprint density at radius 1 is 1.22 bits per heavy atom. The zero-order chi connectivity index (χ0) is 17.5. The molecule has 23 heavy (non-hydrogen) atoms. The van der Waals surface area contributed by atoms with Gasteiger partial charge in [-0.3, -0.25) is 4.79 Å². The number of hydrogen-bond donors (Lipinski definition) is 3. The van der Waals surface area contributed by atoms with Crippen LogP contribution in [0.1, 0.15) is 53.4 Å². The van der Waals surface area contributed by atoms with E-state index >= 15 is 0 Å². The molecule has 1 aliphatic heterocycles. The summed E-state index contributed by atoms with van der Waals surface area (Å²) in [6.45, 7) is 8.36. The zero-order valence-electron chi connectivity index (χ0n) is 14.4. The van der Waals surface area contributed by atoms with Gasteiger partial charge in [0.25, 0.3) is 0 Å². The highest BCUT2D eigenvalue weighted by molar-refractivity contribution is 5.73. The highest BCUT2D eigenvalue weighted by Crippen LogP contribution is 2.29. The third kappa shape index (κ3) is 9.12. The first-order chi connectivity index (χ1) is 10.6. The summed E-state index contributed by atoms with van der Waals surface area (Å²) in [6.07, 6.45) is 2.17. The molecular weight excluding hydrogens is 300 g/mol. The second-order valence-corrected chi connectivity index (χ2v) is 6.94. The van der Waals surface area contributed by atoms with Crippen molar-refractivity contribution in [3.8, 4) is 0 Å². The Morgan fingerprint density at radius 3 is 2.39 bits per heavy atom. The predicted octanol–water partition coefficient (Wildman–Crippen LogP) is 2.30. The van der Waals surface area contributed by atoms with Crippen LogP contribution in [0.25, 0.3) is 0 Å². The summed E-state index contributed by atoms with van der Waals surface area (Å²) in [4.78, 5) is 22.6. The Labute approximate surface area is 137 Å². The summed E-state index contributed by atoms with van der Waals surface area (Å²) in [5, 5.41) is 22.6. The van der Waals surface area contributed by atoms with Gasteiger partial charge in [0.05, 0.1) is 0 Å². The fourth-order valence-electron chi connectivity index (χ4n) is 1.96. The summed E-state index contributed by atoms with van der Waals surface area (Å²) >= 11 is 0. The molecule has 0 saturated carbocycles. The van der Waals surface area contributed by atoms with Crippen LogP contribution in [0.2, 0.25) is 0 Å². The quantitative estimate of drug-likeness (QED) is 0.533. The summed E-state index contributed by atoms with van der Waals surface area (Å²) in [7, 11) is 0. The first-order valence-electron chi connectivity index (χ1n) is 7.98. The lowest BCUT2D eigenvalue weighted by Crippen LogP contribution is -2.38. The SMILES string of the molecule is CC1(CCNC(CCCCNC(=O)OC(C)(C)C)C(=O)O)N=N1. The molecular formula is C15H28N4O4. The van der Waals surface area contributed by atoms with Crippen molar-refractivity contribution in [3.63, 3.8) is 0 Å². The number of carbonyl (C=O) groups excluding carboxylic acids is 1. The van der Waals surface area contributed by atoms with E-state index in [-0.39, 0.29) is 5.66 Å². The Morgan fingerprint density at radius 2 is 1.87 bits per heavy atom. The Hall–Kier alpha value is -1.70. The molecule has 0 radical (unpaired) electrons. The van der Waals surface area contributed by atoms with E-state index in [0.717, 1.165) is 0 Å². The largest absolute Gasteiger partial charge is 0.480 e. The number of ether oxygens (including phenoxy) is 1. The average molecular weight is 328 g/mol. The maximum Gasteiger partial charge on any atom is 0.407 e. The maximum absolute atomic E-state index is 11.4. The molecule has 1 unspecified atom stereocenters. The molecule has 1 atom stereocenters. The van der Waals surface area contributed by atoms with Crippen LogP contribution in [0.15, 0.2) is 10.2 Å². The number of nitrogens with one attached hydrogen (secondary N) is 2. The number of carboxylic acids is 1. The van der Waals surface area contributed by atoms with E-state index in [1.807, 2.05) is 6.92 Å². The fourth-order valence-corrected chi connectivity index (χ4v) is 1.96. The van der Waals surface area contributed by atoms with Crippen LogP contribution in [-0.4, -0.2) is 47.6 Å². The first kappa shape index (κ1) is 19.3. The van der Waals surface area contributed by atoms with Crippen molar-refractivity contribution in [2.75, 3.05) is 13.1 Å². The van der Waals surface area contributed by atoms with Crippen LogP contribution >= 0.6 is 0 Å². The van der Waals surface area contributed by atoms with Gasteiger partial charge < -0.3 is 20.5 Å². The predicted molar refractivity (Wildman–Crippen MR) is 85.4 cm³/mol. The van der Waals surface area contributed by atoms with Gasteiger partial charge in [-0.1, -0.05) is 0 Å². The highest BCUT2D eigenvalue weighted by Gasteiger charge is 2.33. The number of hydrogen-bond acceptors (Lipinski definition) is 6. The van der Waals surface area contributed by atoms with Crippen molar-refractivity contribution in [2.45, 2.75) is 70.7 Å². The highest BCUT2D eigenvalue weighted by atomic mass is 16.6. The number of amides is 1. The van der Waals surface area contributed by atoms with E-state index in [1.165, 1.54) is 0 Å². The van der Waals surface area contributed by atoms with Crippen molar-refractivity contribution in [1.29, 1.82) is 0 Å². The molecule has 1 heterocycles. The van der Waals surface area contributed by atoms with E-state index in [9.17, 15) is 14.7 Å². The monoisotopic (exact) mass is 328 g/mol. The van der Waals surface area contributed by atoms with Crippen LogP contribution in [0.3, 0.4) is 0 Å². The molecule has 3 N–H and O–H groups in total. The van der Waals surface area contributed by atoms with Gasteiger partial charge in [-0.15, -0.1) is 0 Å². The van der Waals surface area contributed by atoms with Crippen LogP contribution in [0, 0.1) is 0 Å². The minimum Gasteiger partial charge on any atom is -0.480 e. The second-order valence-electron chi connectivity index (χ2n) is 6.94. The van der Waals surface area contributed by atoms with Gasteiger partial charge in [-0.25, -0.2) is 4.79 Å². The minimum absolute atomic E-state index is 0.312. The first-order valence-corrected chi connectivity index (χ1v) is 7.98. The summed E-state index contributed by atoms with van der Waals surface area (Å²) in [5.41, 5.74) is -0.827. The molecule has 1 aliphatic rings. The second kappa shape index (κ2) is 8.24. The number of rotatable bonds is 10. The van der Waals surface area contributed by atoms with Crippen molar-refractivity contribution < 1.29 is 19.4 Å². The number of aliphatic carboxylic acids is 1.